The van der Waals surface area contributed by atoms with Crippen molar-refractivity contribution in [2.75, 3.05) is 13.1 Å². The van der Waals surface area contributed by atoms with Gasteiger partial charge in [-0.1, -0.05) is 31.2 Å². The molecule has 0 amide bonds. The van der Waals surface area contributed by atoms with Gasteiger partial charge in [0.2, 0.25) is 0 Å². The third-order valence-electron chi connectivity index (χ3n) is 4.47. The summed E-state index contributed by atoms with van der Waals surface area (Å²) in [6.45, 7) is 4.85. The van der Waals surface area contributed by atoms with Crippen molar-refractivity contribution in [3.8, 4) is 0 Å². The Morgan fingerprint density at radius 3 is 2.69 bits per heavy atom. The standard InChI is InChI=1S/C15H21N/c1-2-16-9-5-8-14-10-12-6-3-4-7-13(12)11-15(14)16/h3-4,6-7,14-15H,2,5,8-11H2,1H3/t14-,15-/m0/s1. The van der Waals surface area contributed by atoms with Gasteiger partial charge in [-0.2, -0.15) is 0 Å². The van der Waals surface area contributed by atoms with Gasteiger partial charge in [0.15, 0.2) is 0 Å². The highest BCUT2D eigenvalue weighted by molar-refractivity contribution is 5.31. The van der Waals surface area contributed by atoms with Crippen LogP contribution >= 0.6 is 0 Å². The molecule has 1 nitrogen and oxygen atoms in total. The zero-order valence-electron chi connectivity index (χ0n) is 10.2. The third-order valence-corrected chi connectivity index (χ3v) is 4.47. The monoisotopic (exact) mass is 215 g/mol. The zero-order valence-corrected chi connectivity index (χ0v) is 10.2. The van der Waals surface area contributed by atoms with Crippen LogP contribution in [0.1, 0.15) is 30.9 Å². The number of piperidine rings is 1. The smallest absolute Gasteiger partial charge is 0.0167 e. The molecular weight excluding hydrogens is 194 g/mol. The van der Waals surface area contributed by atoms with Gasteiger partial charge in [-0.3, -0.25) is 0 Å². The minimum absolute atomic E-state index is 0.827. The summed E-state index contributed by atoms with van der Waals surface area (Å²) >= 11 is 0. The van der Waals surface area contributed by atoms with Crippen LogP contribution in [-0.4, -0.2) is 24.0 Å². The van der Waals surface area contributed by atoms with E-state index in [-0.39, 0.29) is 0 Å². The summed E-state index contributed by atoms with van der Waals surface area (Å²) in [6.07, 6.45) is 5.44. The third kappa shape index (κ3) is 1.67. The first-order chi connectivity index (χ1) is 7.88. The number of fused-ring (bicyclic) bond motifs is 2. The van der Waals surface area contributed by atoms with Crippen molar-refractivity contribution in [2.45, 2.75) is 38.6 Å². The summed E-state index contributed by atoms with van der Waals surface area (Å²) in [4.78, 5) is 2.70. The molecular formula is C15H21N. The molecule has 1 fully saturated rings. The lowest BCUT2D eigenvalue weighted by atomic mass is 9.75. The molecule has 86 valence electrons. The molecule has 1 aromatic rings. The predicted octanol–water partition coefficient (Wildman–Crippen LogP) is 2.89. The van der Waals surface area contributed by atoms with Gasteiger partial charge in [-0.25, -0.2) is 0 Å². The van der Waals surface area contributed by atoms with Crippen molar-refractivity contribution < 1.29 is 0 Å². The van der Waals surface area contributed by atoms with E-state index < -0.39 is 0 Å². The minimum Gasteiger partial charge on any atom is -0.300 e. The Bertz CT molecular complexity index is 371. The number of likely N-dealkylation sites (tertiary alicyclic amines) is 1. The van der Waals surface area contributed by atoms with Crippen molar-refractivity contribution >= 4 is 0 Å². The molecule has 0 unspecified atom stereocenters. The van der Waals surface area contributed by atoms with Gasteiger partial charge < -0.3 is 4.90 Å². The zero-order chi connectivity index (χ0) is 11.0. The van der Waals surface area contributed by atoms with E-state index in [1.54, 1.807) is 11.1 Å². The molecule has 16 heavy (non-hydrogen) atoms. The summed E-state index contributed by atoms with van der Waals surface area (Å²) in [7, 11) is 0. The molecule has 0 radical (unpaired) electrons. The average Bonchev–Trinajstić information content (AvgIpc) is 2.35. The fourth-order valence-corrected chi connectivity index (χ4v) is 3.60. The van der Waals surface area contributed by atoms with Gasteiger partial charge in [0.1, 0.15) is 0 Å². The van der Waals surface area contributed by atoms with Crippen LogP contribution in [0.15, 0.2) is 24.3 Å². The van der Waals surface area contributed by atoms with Gasteiger partial charge in [0.25, 0.3) is 0 Å². The van der Waals surface area contributed by atoms with Crippen molar-refractivity contribution in [3.05, 3.63) is 35.4 Å². The lowest BCUT2D eigenvalue weighted by Gasteiger charge is -2.44. The van der Waals surface area contributed by atoms with Crippen LogP contribution in [0.5, 0.6) is 0 Å². The molecule has 1 aromatic carbocycles. The van der Waals surface area contributed by atoms with Gasteiger partial charge in [0, 0.05) is 6.04 Å². The van der Waals surface area contributed by atoms with Crippen LogP contribution < -0.4 is 0 Å². The Morgan fingerprint density at radius 2 is 1.94 bits per heavy atom. The number of hydrogen-bond donors (Lipinski definition) is 0. The first kappa shape index (κ1) is 10.3. The van der Waals surface area contributed by atoms with Gasteiger partial charge in [-0.15, -0.1) is 0 Å². The summed E-state index contributed by atoms with van der Waals surface area (Å²) in [5, 5.41) is 0. The van der Waals surface area contributed by atoms with Crippen molar-refractivity contribution in [3.63, 3.8) is 0 Å². The fourth-order valence-electron chi connectivity index (χ4n) is 3.60. The fraction of sp³-hybridized carbons (Fsp3) is 0.600. The number of hydrogen-bond acceptors (Lipinski definition) is 1. The first-order valence-electron chi connectivity index (χ1n) is 6.69. The molecule has 1 saturated heterocycles. The van der Waals surface area contributed by atoms with Crippen LogP contribution in [0.4, 0.5) is 0 Å². The van der Waals surface area contributed by atoms with Crippen LogP contribution in [-0.2, 0) is 12.8 Å². The molecule has 1 aliphatic heterocycles. The Kier molecular flexibility index (Phi) is 2.72. The molecule has 0 spiro atoms. The highest BCUT2D eigenvalue weighted by atomic mass is 15.2. The molecule has 3 rings (SSSR count). The van der Waals surface area contributed by atoms with E-state index in [9.17, 15) is 0 Å². The maximum atomic E-state index is 2.70. The molecule has 1 heteroatoms. The van der Waals surface area contributed by atoms with E-state index in [4.69, 9.17) is 0 Å². The largest absolute Gasteiger partial charge is 0.300 e. The average molecular weight is 215 g/mol. The Labute approximate surface area is 98.5 Å². The topological polar surface area (TPSA) is 3.24 Å². The number of likely N-dealkylation sites (N-methyl/N-ethyl adjacent to an activating group) is 1. The summed E-state index contributed by atoms with van der Waals surface area (Å²) < 4.78 is 0. The molecule has 1 heterocycles. The Morgan fingerprint density at radius 1 is 1.19 bits per heavy atom. The van der Waals surface area contributed by atoms with E-state index >= 15 is 0 Å². The van der Waals surface area contributed by atoms with E-state index in [2.05, 4.69) is 36.1 Å². The molecule has 1 aliphatic carbocycles. The molecule has 0 bridgehead atoms. The molecule has 2 aliphatic rings. The van der Waals surface area contributed by atoms with E-state index in [0.717, 1.165) is 12.0 Å². The quantitative estimate of drug-likeness (QED) is 0.696. The van der Waals surface area contributed by atoms with E-state index in [1.807, 2.05) is 0 Å². The van der Waals surface area contributed by atoms with Crippen molar-refractivity contribution in [1.82, 2.24) is 4.90 Å². The van der Waals surface area contributed by atoms with E-state index in [1.165, 1.54) is 38.8 Å². The highest BCUT2D eigenvalue weighted by Crippen LogP contribution is 2.34. The van der Waals surface area contributed by atoms with Crippen LogP contribution in [0.2, 0.25) is 0 Å². The van der Waals surface area contributed by atoms with Crippen molar-refractivity contribution in [1.29, 1.82) is 0 Å². The number of nitrogens with zero attached hydrogens (tertiary/aromatic N) is 1. The SMILES string of the molecule is CCN1CCC[C@H]2Cc3ccccc3C[C@@H]21. The predicted molar refractivity (Wildman–Crippen MR) is 67.6 cm³/mol. The summed E-state index contributed by atoms with van der Waals surface area (Å²) in [5.74, 6) is 0.920. The van der Waals surface area contributed by atoms with Gasteiger partial charge in [-0.05, 0) is 55.8 Å². The maximum Gasteiger partial charge on any atom is 0.0167 e. The van der Waals surface area contributed by atoms with Gasteiger partial charge >= 0.3 is 0 Å². The Balaban J connectivity index is 1.89. The maximum absolute atomic E-state index is 2.70. The number of benzene rings is 1. The normalized spacial score (nSPS) is 29.6. The highest BCUT2D eigenvalue weighted by Gasteiger charge is 2.34. The first-order valence-corrected chi connectivity index (χ1v) is 6.69. The molecule has 0 aromatic heterocycles. The molecule has 0 saturated carbocycles. The lowest BCUT2D eigenvalue weighted by Crippen LogP contribution is -2.48. The second-order valence-corrected chi connectivity index (χ2v) is 5.28. The van der Waals surface area contributed by atoms with Crippen LogP contribution in [0.3, 0.4) is 0 Å². The van der Waals surface area contributed by atoms with E-state index in [0.29, 0.717) is 0 Å². The van der Waals surface area contributed by atoms with Crippen molar-refractivity contribution in [2.24, 2.45) is 5.92 Å². The molecule has 0 N–H and O–H groups in total. The molecule has 2 atom stereocenters. The lowest BCUT2D eigenvalue weighted by molar-refractivity contribution is 0.0909. The summed E-state index contributed by atoms with van der Waals surface area (Å²) in [6, 6.07) is 9.87. The summed E-state index contributed by atoms with van der Waals surface area (Å²) in [5.41, 5.74) is 3.21. The van der Waals surface area contributed by atoms with Crippen LogP contribution in [0.25, 0.3) is 0 Å². The van der Waals surface area contributed by atoms with Crippen LogP contribution in [0, 0.1) is 5.92 Å². The van der Waals surface area contributed by atoms with Gasteiger partial charge in [0.05, 0.1) is 0 Å². The number of rotatable bonds is 1. The second-order valence-electron chi connectivity index (χ2n) is 5.28. The Hall–Kier alpha value is -0.820. The second kappa shape index (κ2) is 4.21. The minimum atomic E-state index is 0.827.